The molecule has 6 nitrogen and oxygen atoms in total. The third-order valence-corrected chi connectivity index (χ3v) is 7.15. The molecule has 1 amide bonds. The van der Waals surface area contributed by atoms with Crippen LogP contribution in [0.15, 0.2) is 39.9 Å². The molecule has 1 aromatic carbocycles. The molecule has 0 fully saturated rings. The van der Waals surface area contributed by atoms with E-state index < -0.39 is 5.91 Å². The number of hydrogen-bond acceptors (Lipinski definition) is 5. The van der Waals surface area contributed by atoms with Crippen LogP contribution in [-0.4, -0.2) is 37.1 Å². The van der Waals surface area contributed by atoms with Crippen molar-refractivity contribution in [3.8, 4) is 5.69 Å². The van der Waals surface area contributed by atoms with E-state index in [1.54, 1.807) is 6.08 Å². The van der Waals surface area contributed by atoms with Gasteiger partial charge in [0, 0.05) is 22.1 Å². The van der Waals surface area contributed by atoms with Crippen molar-refractivity contribution in [3.05, 3.63) is 57.4 Å². The Bertz CT molecular complexity index is 1160. The Kier molecular flexibility index (Phi) is 5.18. The number of hydrazone groups is 1. The van der Waals surface area contributed by atoms with Crippen molar-refractivity contribution in [1.29, 1.82) is 5.41 Å². The van der Waals surface area contributed by atoms with Gasteiger partial charge in [0.15, 0.2) is 10.2 Å². The summed E-state index contributed by atoms with van der Waals surface area (Å²) in [5.41, 5.74) is 5.03. The van der Waals surface area contributed by atoms with Gasteiger partial charge < -0.3 is 4.57 Å². The molecule has 29 heavy (non-hydrogen) atoms. The van der Waals surface area contributed by atoms with E-state index in [1.165, 1.54) is 28.5 Å². The largest absolute Gasteiger partial charge is 0.318 e. The number of rotatable bonds is 2. The lowest BCUT2D eigenvalue weighted by atomic mass is 10.1. The Balaban J connectivity index is 1.78. The number of aliphatic imine (C=N–C) groups is 1. The molecule has 1 aromatic heterocycles. The smallest absolute Gasteiger partial charge is 0.283 e. The highest BCUT2D eigenvalue weighted by Crippen LogP contribution is 2.33. The lowest BCUT2D eigenvalue weighted by molar-refractivity contribution is -0.114. The summed E-state index contributed by atoms with van der Waals surface area (Å²) in [5, 5.41) is 15.4. The quantitative estimate of drug-likeness (QED) is 0.663. The summed E-state index contributed by atoms with van der Waals surface area (Å²) in [6, 6.07) is 7.80. The lowest BCUT2D eigenvalue weighted by Gasteiger charge is -2.20. The van der Waals surface area contributed by atoms with Crippen molar-refractivity contribution in [2.24, 2.45) is 10.1 Å². The highest BCUT2D eigenvalue weighted by molar-refractivity contribution is 8.45. The number of carbonyl (C=O) groups excluding carboxylic acids is 1. The first-order chi connectivity index (χ1) is 13.8. The predicted molar refractivity (Wildman–Crippen MR) is 124 cm³/mol. The summed E-state index contributed by atoms with van der Waals surface area (Å²) < 4.78 is 2.87. The van der Waals surface area contributed by atoms with Crippen LogP contribution < -0.4 is 0 Å². The minimum absolute atomic E-state index is 0.0419. The molecule has 0 radical (unpaired) electrons. The molecule has 0 saturated carbocycles. The molecular formula is C20H18ClN5OS2. The van der Waals surface area contributed by atoms with Gasteiger partial charge in [-0.3, -0.25) is 10.2 Å². The Morgan fingerprint density at radius 1 is 1.28 bits per heavy atom. The number of hydrogen-bond donors (Lipinski definition) is 1. The molecule has 0 unspecified atom stereocenters. The second-order valence-corrected chi connectivity index (χ2v) is 9.05. The Hall–Kier alpha value is -2.29. The number of carbonyl (C=O) groups is 1. The van der Waals surface area contributed by atoms with Crippen LogP contribution in [0, 0.1) is 26.2 Å². The summed E-state index contributed by atoms with van der Waals surface area (Å²) in [7, 11) is 0. The summed E-state index contributed by atoms with van der Waals surface area (Å²) in [4.78, 5) is 16.7. The van der Waals surface area contributed by atoms with E-state index in [-0.39, 0.29) is 11.4 Å². The predicted octanol–water partition coefficient (Wildman–Crippen LogP) is 5.00. The SMILES string of the molecule is CSC1=NN2C(=N)/C(=C\c3cc(C)n(-c4cccc(Cl)c4C)c3C)C(=O)N=C2S1. The van der Waals surface area contributed by atoms with E-state index in [1.807, 2.05) is 51.3 Å². The maximum Gasteiger partial charge on any atom is 0.283 e. The average molecular weight is 444 g/mol. The number of nitrogens with one attached hydrogen (secondary N) is 1. The minimum Gasteiger partial charge on any atom is -0.318 e. The molecule has 1 N–H and O–H groups in total. The van der Waals surface area contributed by atoms with Crippen LogP contribution in [0.4, 0.5) is 0 Å². The molecule has 3 heterocycles. The number of amides is 1. The molecule has 2 aromatic rings. The van der Waals surface area contributed by atoms with Gasteiger partial charge in [0.25, 0.3) is 5.91 Å². The van der Waals surface area contributed by atoms with Gasteiger partial charge in [0.2, 0.25) is 5.17 Å². The highest BCUT2D eigenvalue weighted by atomic mass is 35.5. The fraction of sp³-hybridized carbons (Fsp3) is 0.200. The molecule has 0 saturated heterocycles. The first-order valence-corrected chi connectivity index (χ1v) is 11.2. The van der Waals surface area contributed by atoms with E-state index >= 15 is 0 Å². The van der Waals surface area contributed by atoms with Crippen LogP contribution in [0.5, 0.6) is 0 Å². The zero-order chi connectivity index (χ0) is 20.9. The minimum atomic E-state index is -0.421. The van der Waals surface area contributed by atoms with Crippen molar-refractivity contribution in [2.75, 3.05) is 6.26 Å². The molecule has 0 atom stereocenters. The van der Waals surface area contributed by atoms with E-state index in [9.17, 15) is 4.79 Å². The standard InChI is InChI=1S/C20H18ClN5OS2/c1-10-8-13(12(3)25(10)16-7-5-6-15(21)11(16)2)9-14-17(22)26-19(23-18(14)27)29-20(24-26)28-4/h5-9,22H,1-4H3/b14-9+,22-17?. The summed E-state index contributed by atoms with van der Waals surface area (Å²) >= 11 is 9.08. The van der Waals surface area contributed by atoms with Crippen molar-refractivity contribution in [2.45, 2.75) is 20.8 Å². The number of fused-ring (bicyclic) bond motifs is 1. The van der Waals surface area contributed by atoms with Crippen LogP contribution in [0.3, 0.4) is 0 Å². The van der Waals surface area contributed by atoms with Gasteiger partial charge in [-0.25, -0.2) is 0 Å². The van der Waals surface area contributed by atoms with Crippen molar-refractivity contribution >= 4 is 62.5 Å². The van der Waals surface area contributed by atoms with Crippen LogP contribution in [0.1, 0.15) is 22.5 Å². The third kappa shape index (κ3) is 3.35. The highest BCUT2D eigenvalue weighted by Gasteiger charge is 2.35. The maximum absolute atomic E-state index is 12.6. The van der Waals surface area contributed by atoms with Crippen molar-refractivity contribution in [1.82, 2.24) is 9.58 Å². The maximum atomic E-state index is 12.6. The van der Waals surface area contributed by atoms with Crippen LogP contribution >= 0.6 is 35.1 Å². The van der Waals surface area contributed by atoms with E-state index in [4.69, 9.17) is 17.0 Å². The summed E-state index contributed by atoms with van der Waals surface area (Å²) in [6.45, 7) is 5.98. The summed E-state index contributed by atoms with van der Waals surface area (Å²) in [5.74, 6) is -0.379. The second-order valence-electron chi connectivity index (χ2n) is 6.64. The van der Waals surface area contributed by atoms with Gasteiger partial charge in [0.1, 0.15) is 0 Å². The molecule has 0 bridgehead atoms. The molecule has 148 valence electrons. The van der Waals surface area contributed by atoms with Gasteiger partial charge in [-0.15, -0.1) is 16.9 Å². The molecule has 2 aliphatic heterocycles. The summed E-state index contributed by atoms with van der Waals surface area (Å²) in [6.07, 6.45) is 3.63. The van der Waals surface area contributed by atoms with Gasteiger partial charge in [-0.05, 0) is 74.2 Å². The van der Waals surface area contributed by atoms with Crippen LogP contribution in [0.25, 0.3) is 11.8 Å². The Labute approximate surface area is 182 Å². The van der Waals surface area contributed by atoms with E-state index in [2.05, 4.69) is 14.7 Å². The van der Waals surface area contributed by atoms with Gasteiger partial charge in [-0.2, -0.15) is 10.0 Å². The Morgan fingerprint density at radius 2 is 2.03 bits per heavy atom. The second kappa shape index (κ2) is 7.51. The number of amidine groups is 2. The third-order valence-electron chi connectivity index (χ3n) is 4.86. The molecule has 0 aliphatic carbocycles. The molecule has 9 heteroatoms. The van der Waals surface area contributed by atoms with Crippen LogP contribution in [-0.2, 0) is 4.79 Å². The van der Waals surface area contributed by atoms with Crippen molar-refractivity contribution < 1.29 is 4.79 Å². The zero-order valence-electron chi connectivity index (χ0n) is 16.3. The van der Waals surface area contributed by atoms with Gasteiger partial charge >= 0.3 is 0 Å². The number of halogens is 1. The molecule has 4 rings (SSSR count). The normalized spacial score (nSPS) is 17.7. The number of nitrogens with zero attached hydrogens (tertiary/aromatic N) is 4. The monoisotopic (exact) mass is 443 g/mol. The first kappa shape index (κ1) is 20.0. The number of aryl methyl sites for hydroxylation is 1. The fourth-order valence-electron chi connectivity index (χ4n) is 3.36. The fourth-order valence-corrected chi connectivity index (χ4v) is 4.87. The Morgan fingerprint density at radius 3 is 2.76 bits per heavy atom. The number of aromatic nitrogens is 1. The zero-order valence-corrected chi connectivity index (χ0v) is 18.7. The van der Waals surface area contributed by atoms with E-state index in [0.717, 1.165) is 32.6 Å². The molecule has 0 spiro atoms. The van der Waals surface area contributed by atoms with Crippen molar-refractivity contribution in [3.63, 3.8) is 0 Å². The topological polar surface area (TPSA) is 73.8 Å². The molecular weight excluding hydrogens is 426 g/mol. The van der Waals surface area contributed by atoms with E-state index in [0.29, 0.717) is 10.2 Å². The van der Waals surface area contributed by atoms with Gasteiger partial charge in [-0.1, -0.05) is 17.7 Å². The first-order valence-electron chi connectivity index (χ1n) is 8.80. The van der Waals surface area contributed by atoms with Gasteiger partial charge in [0.05, 0.1) is 5.57 Å². The molecule has 2 aliphatic rings. The number of benzene rings is 1. The average Bonchev–Trinajstić information content (AvgIpc) is 3.22. The van der Waals surface area contributed by atoms with Crippen LogP contribution in [0.2, 0.25) is 5.02 Å². The lowest BCUT2D eigenvalue weighted by Crippen LogP contribution is -2.35. The number of thioether (sulfide) groups is 2.